The van der Waals surface area contributed by atoms with Gasteiger partial charge in [0.15, 0.2) is 0 Å². The van der Waals surface area contributed by atoms with Crippen molar-refractivity contribution in [2.24, 2.45) is 29.6 Å². The van der Waals surface area contributed by atoms with Gasteiger partial charge in [-0.1, -0.05) is 11.6 Å². The van der Waals surface area contributed by atoms with Crippen LogP contribution in [-0.2, 0) is 0 Å². The zero-order valence-electron chi connectivity index (χ0n) is 11.1. The first-order valence-electron chi connectivity index (χ1n) is 7.59. The maximum Gasteiger partial charge on any atom is 0.134 e. The van der Waals surface area contributed by atoms with Gasteiger partial charge in [-0.15, -0.1) is 0 Å². The van der Waals surface area contributed by atoms with E-state index in [0.717, 1.165) is 40.4 Å². The summed E-state index contributed by atoms with van der Waals surface area (Å²) in [5.41, 5.74) is 0.817. The Balaban J connectivity index is 1.47. The van der Waals surface area contributed by atoms with Crippen molar-refractivity contribution in [2.45, 2.75) is 25.4 Å². The van der Waals surface area contributed by atoms with Crippen molar-refractivity contribution in [2.75, 3.05) is 0 Å². The molecule has 0 saturated heterocycles. The molecule has 1 heterocycles. The summed E-state index contributed by atoms with van der Waals surface area (Å²) in [4.78, 5) is 0. The fraction of sp³-hybridized carbons (Fsp3) is 0.529. The number of aliphatic hydroxyl groups excluding tert-OH is 1. The van der Waals surface area contributed by atoms with Crippen LogP contribution in [-0.4, -0.2) is 5.11 Å². The Hall–Kier alpha value is -0.990. The molecular weight excluding hydrogens is 272 g/mol. The summed E-state index contributed by atoms with van der Waals surface area (Å²) in [5, 5.41) is 12.4. The van der Waals surface area contributed by atoms with Crippen molar-refractivity contribution in [3.63, 3.8) is 0 Å². The first-order chi connectivity index (χ1) is 9.72. The minimum Gasteiger partial charge on any atom is -0.458 e. The summed E-state index contributed by atoms with van der Waals surface area (Å²) in [6.07, 6.45) is 3.74. The Labute approximate surface area is 122 Å². The molecule has 0 spiro atoms. The molecule has 3 heteroatoms. The summed E-state index contributed by atoms with van der Waals surface area (Å²) in [6, 6.07) is 7.57. The van der Waals surface area contributed by atoms with Crippen LogP contribution in [0.1, 0.15) is 31.1 Å². The lowest BCUT2D eigenvalue weighted by Crippen LogP contribution is -2.07. The van der Waals surface area contributed by atoms with Gasteiger partial charge in [0.1, 0.15) is 17.4 Å². The van der Waals surface area contributed by atoms with Crippen LogP contribution in [0.2, 0.25) is 5.02 Å². The predicted octanol–water partition coefficient (Wildman–Crippen LogP) is 4.41. The second kappa shape index (κ2) is 3.80. The number of hydrogen-bond donors (Lipinski definition) is 1. The van der Waals surface area contributed by atoms with Crippen molar-refractivity contribution >= 4 is 22.6 Å². The van der Waals surface area contributed by atoms with E-state index in [1.807, 2.05) is 24.3 Å². The summed E-state index contributed by atoms with van der Waals surface area (Å²) in [5.74, 6) is 4.45. The minimum absolute atomic E-state index is 0.431. The Morgan fingerprint density at radius 3 is 2.65 bits per heavy atom. The van der Waals surface area contributed by atoms with Crippen molar-refractivity contribution in [3.8, 4) is 0 Å². The fourth-order valence-corrected chi connectivity index (χ4v) is 5.37. The van der Waals surface area contributed by atoms with Crippen molar-refractivity contribution in [1.29, 1.82) is 0 Å². The van der Waals surface area contributed by atoms with Crippen molar-refractivity contribution in [1.82, 2.24) is 0 Å². The van der Waals surface area contributed by atoms with Gasteiger partial charge in [0.25, 0.3) is 0 Å². The van der Waals surface area contributed by atoms with E-state index in [2.05, 4.69) is 0 Å². The topological polar surface area (TPSA) is 33.4 Å². The first kappa shape index (κ1) is 11.6. The van der Waals surface area contributed by atoms with E-state index in [9.17, 15) is 5.11 Å². The molecule has 1 aromatic carbocycles. The first-order valence-corrected chi connectivity index (χ1v) is 7.97. The van der Waals surface area contributed by atoms with Gasteiger partial charge >= 0.3 is 0 Å². The van der Waals surface area contributed by atoms with Crippen LogP contribution >= 0.6 is 11.6 Å². The number of furan rings is 1. The van der Waals surface area contributed by atoms with Crippen LogP contribution in [0.3, 0.4) is 0 Å². The van der Waals surface area contributed by atoms with E-state index in [1.165, 1.54) is 19.3 Å². The molecule has 20 heavy (non-hydrogen) atoms. The van der Waals surface area contributed by atoms with Gasteiger partial charge in [0.05, 0.1) is 0 Å². The molecule has 3 fully saturated rings. The zero-order valence-corrected chi connectivity index (χ0v) is 11.9. The molecular formula is C17H17ClO2. The maximum absolute atomic E-state index is 10.7. The molecule has 3 aliphatic rings. The Morgan fingerprint density at radius 2 is 1.90 bits per heavy atom. The number of hydrogen-bond acceptors (Lipinski definition) is 2. The average Bonchev–Trinajstić information content (AvgIpc) is 2.81. The molecule has 3 aliphatic carbocycles. The van der Waals surface area contributed by atoms with Gasteiger partial charge < -0.3 is 9.52 Å². The minimum atomic E-state index is -0.431. The lowest BCUT2D eigenvalue weighted by atomic mass is 9.98. The van der Waals surface area contributed by atoms with Crippen LogP contribution < -0.4 is 0 Å². The van der Waals surface area contributed by atoms with Gasteiger partial charge in [-0.05, 0) is 73.1 Å². The quantitative estimate of drug-likeness (QED) is 0.888. The maximum atomic E-state index is 10.7. The third-order valence-electron chi connectivity index (χ3n) is 5.95. The third-order valence-corrected chi connectivity index (χ3v) is 6.18. The molecule has 2 aromatic rings. The van der Waals surface area contributed by atoms with E-state index >= 15 is 0 Å². The molecule has 2 nitrogen and oxygen atoms in total. The highest BCUT2D eigenvalue weighted by molar-refractivity contribution is 6.31. The molecule has 2 bridgehead atoms. The summed E-state index contributed by atoms with van der Waals surface area (Å²) >= 11 is 6.00. The van der Waals surface area contributed by atoms with Crippen LogP contribution in [0.15, 0.2) is 28.7 Å². The zero-order chi connectivity index (χ0) is 13.4. The van der Waals surface area contributed by atoms with Gasteiger partial charge in [-0.3, -0.25) is 0 Å². The lowest BCUT2D eigenvalue weighted by Gasteiger charge is -2.12. The SMILES string of the molecule is OC(c1cc2cc(Cl)ccc2o1)C1C2C3CCC(C3)C21. The van der Waals surface area contributed by atoms with Gasteiger partial charge in [0.2, 0.25) is 0 Å². The molecule has 1 N–H and O–H groups in total. The van der Waals surface area contributed by atoms with Gasteiger partial charge in [0, 0.05) is 10.4 Å². The summed E-state index contributed by atoms with van der Waals surface area (Å²) in [6.45, 7) is 0. The molecule has 5 unspecified atom stereocenters. The van der Waals surface area contributed by atoms with Crippen LogP contribution in [0, 0.1) is 29.6 Å². The van der Waals surface area contributed by atoms with Crippen LogP contribution in [0.5, 0.6) is 0 Å². The van der Waals surface area contributed by atoms with E-state index in [0.29, 0.717) is 10.9 Å². The molecule has 0 amide bonds. The molecule has 0 radical (unpaired) electrons. The average molecular weight is 289 g/mol. The largest absolute Gasteiger partial charge is 0.458 e. The van der Waals surface area contributed by atoms with E-state index in [-0.39, 0.29) is 0 Å². The monoisotopic (exact) mass is 288 g/mol. The van der Waals surface area contributed by atoms with Crippen molar-refractivity contribution < 1.29 is 9.52 Å². The van der Waals surface area contributed by atoms with Crippen LogP contribution in [0.25, 0.3) is 11.0 Å². The molecule has 1 aromatic heterocycles. The summed E-state index contributed by atoms with van der Waals surface area (Å²) in [7, 11) is 0. The number of fused-ring (bicyclic) bond motifs is 6. The van der Waals surface area contributed by atoms with E-state index in [4.69, 9.17) is 16.0 Å². The number of rotatable bonds is 2. The van der Waals surface area contributed by atoms with Crippen LogP contribution in [0.4, 0.5) is 0 Å². The lowest BCUT2D eigenvalue weighted by molar-refractivity contribution is 0.108. The molecule has 0 aliphatic heterocycles. The van der Waals surface area contributed by atoms with Crippen molar-refractivity contribution in [3.05, 3.63) is 35.0 Å². The van der Waals surface area contributed by atoms with E-state index < -0.39 is 6.10 Å². The number of halogens is 1. The second-order valence-electron chi connectivity index (χ2n) is 6.84. The number of aliphatic hydroxyl groups is 1. The third kappa shape index (κ3) is 1.44. The normalized spacial score (nSPS) is 39.2. The molecule has 5 atom stereocenters. The molecule has 3 saturated carbocycles. The van der Waals surface area contributed by atoms with Gasteiger partial charge in [-0.2, -0.15) is 0 Å². The highest BCUT2D eigenvalue weighted by atomic mass is 35.5. The predicted molar refractivity (Wildman–Crippen MR) is 77.5 cm³/mol. The Morgan fingerprint density at radius 1 is 1.15 bits per heavy atom. The number of benzene rings is 1. The standard InChI is InChI=1S/C17H17ClO2/c18-11-3-4-12-10(6-11)7-13(20-12)17(19)16-14-8-1-2-9(5-8)15(14)16/h3-4,6-9,14-17,19H,1-2,5H2. The smallest absolute Gasteiger partial charge is 0.134 e. The highest BCUT2D eigenvalue weighted by Gasteiger charge is 2.67. The molecule has 104 valence electrons. The fourth-order valence-electron chi connectivity index (χ4n) is 5.19. The Bertz CT molecular complexity index is 675. The van der Waals surface area contributed by atoms with E-state index in [1.54, 1.807) is 0 Å². The Kier molecular flexibility index (Phi) is 2.22. The second-order valence-corrected chi connectivity index (χ2v) is 7.28. The summed E-state index contributed by atoms with van der Waals surface area (Å²) < 4.78 is 5.83. The molecule has 5 rings (SSSR count). The highest BCUT2D eigenvalue weighted by Crippen LogP contribution is 2.72. The van der Waals surface area contributed by atoms with Gasteiger partial charge in [-0.25, -0.2) is 0 Å².